The van der Waals surface area contributed by atoms with E-state index in [1.165, 1.54) is 0 Å². The van der Waals surface area contributed by atoms with Gasteiger partial charge in [0.25, 0.3) is 0 Å². The summed E-state index contributed by atoms with van der Waals surface area (Å²) in [7, 11) is -2.33. The van der Waals surface area contributed by atoms with Crippen LogP contribution >= 0.6 is 0 Å². The Kier molecular flexibility index (Phi) is 5.36. The summed E-state index contributed by atoms with van der Waals surface area (Å²) < 4.78 is 5.40. The Labute approximate surface area is 135 Å². The van der Waals surface area contributed by atoms with E-state index in [4.69, 9.17) is 4.74 Å². The monoisotopic (exact) mass is 326 g/mol. The lowest BCUT2D eigenvalue weighted by Gasteiger charge is -2.37. The highest BCUT2D eigenvalue weighted by Crippen LogP contribution is 2.44. The largest absolute Gasteiger partial charge is 0.444 e. The topological polar surface area (TPSA) is 73.6 Å². The van der Waals surface area contributed by atoms with E-state index in [1.54, 1.807) is 4.90 Å². The van der Waals surface area contributed by atoms with Crippen molar-refractivity contribution < 1.29 is 14.3 Å². The molecule has 1 saturated heterocycles. The number of hydrogen-bond acceptors (Lipinski definition) is 4. The molecule has 0 aromatic rings. The smallest absolute Gasteiger partial charge is 0.410 e. The lowest BCUT2D eigenvalue weighted by Crippen LogP contribution is -2.41. The van der Waals surface area contributed by atoms with Gasteiger partial charge in [-0.05, 0) is 51.2 Å². The molecular weight excluding hydrogens is 296 g/mol. The third-order valence-electron chi connectivity index (χ3n) is 4.69. The van der Waals surface area contributed by atoms with E-state index in [9.17, 15) is 14.9 Å². The Hall–Kier alpha value is -1.06. The normalized spacial score (nSPS) is 23.3. The fourth-order valence-electron chi connectivity index (χ4n) is 2.61. The Morgan fingerprint density at radius 3 is 2.27 bits per heavy atom. The van der Waals surface area contributed by atoms with Crippen molar-refractivity contribution >= 4 is 14.4 Å². The average Bonchev–Trinajstić information content (AvgIpc) is 2.67. The summed E-state index contributed by atoms with van der Waals surface area (Å²) in [5.41, 5.74) is -0.531. The minimum Gasteiger partial charge on any atom is -0.444 e. The highest BCUT2D eigenvalue weighted by atomic mass is 28.4. The van der Waals surface area contributed by atoms with E-state index < -0.39 is 13.9 Å². The number of nitrogens with zero attached hydrogens (tertiary/aromatic N) is 2. The van der Waals surface area contributed by atoms with Crippen molar-refractivity contribution in [1.82, 2.24) is 4.90 Å². The average molecular weight is 327 g/mol. The fraction of sp³-hybridized carbons (Fsp3) is 0.875. The van der Waals surface area contributed by atoms with Gasteiger partial charge in [-0.1, -0.05) is 13.8 Å². The van der Waals surface area contributed by atoms with Gasteiger partial charge >= 0.3 is 6.09 Å². The van der Waals surface area contributed by atoms with E-state index in [2.05, 4.69) is 19.9 Å². The van der Waals surface area contributed by atoms with Gasteiger partial charge in [-0.3, -0.25) is 0 Å². The second-order valence-corrected chi connectivity index (χ2v) is 13.0. The molecule has 6 heteroatoms. The van der Waals surface area contributed by atoms with Gasteiger partial charge < -0.3 is 14.4 Å². The van der Waals surface area contributed by atoms with Gasteiger partial charge in [0.2, 0.25) is 0 Å². The molecule has 22 heavy (non-hydrogen) atoms. The number of hydrogen-bond donors (Lipinski definition) is 1. The zero-order valence-electron chi connectivity index (χ0n) is 14.9. The Morgan fingerprint density at radius 2 is 1.86 bits per heavy atom. The molecule has 0 spiro atoms. The molecule has 126 valence electrons. The minimum atomic E-state index is -2.33. The molecule has 0 unspecified atom stereocenters. The van der Waals surface area contributed by atoms with Gasteiger partial charge in [0, 0.05) is 13.1 Å². The zero-order chi connectivity index (χ0) is 17.3. The molecule has 0 saturated carbocycles. The second kappa shape index (κ2) is 6.21. The van der Waals surface area contributed by atoms with E-state index in [-0.39, 0.29) is 23.0 Å². The van der Waals surface area contributed by atoms with Crippen molar-refractivity contribution in [2.45, 2.75) is 64.8 Å². The number of likely N-dealkylation sites (tertiary alicyclic amines) is 1. The molecule has 1 N–H and O–H groups in total. The first-order chi connectivity index (χ1) is 9.77. The van der Waals surface area contributed by atoms with Crippen LogP contribution in [0.4, 0.5) is 4.79 Å². The van der Waals surface area contributed by atoms with Crippen LogP contribution in [0.1, 0.15) is 41.0 Å². The summed E-state index contributed by atoms with van der Waals surface area (Å²) in [6, 6.07) is 2.32. The summed E-state index contributed by atoms with van der Waals surface area (Å²) in [5, 5.41) is 9.19. The molecule has 1 fully saturated rings. The molecule has 1 aliphatic rings. The van der Waals surface area contributed by atoms with E-state index >= 15 is 0 Å². The van der Waals surface area contributed by atoms with Crippen molar-refractivity contribution in [2.24, 2.45) is 11.8 Å². The molecule has 2 atom stereocenters. The molecule has 0 aliphatic carbocycles. The summed E-state index contributed by atoms with van der Waals surface area (Å²) in [5.74, 6) is -0.102. The van der Waals surface area contributed by atoms with Crippen LogP contribution in [0.3, 0.4) is 0 Å². The summed E-state index contributed by atoms with van der Waals surface area (Å²) in [6.07, 6.45) is 0.397. The number of carbonyl (C=O) groups is 1. The molecule has 0 bridgehead atoms. The zero-order valence-corrected chi connectivity index (χ0v) is 15.9. The van der Waals surface area contributed by atoms with Crippen LogP contribution in [0.25, 0.3) is 0 Å². The van der Waals surface area contributed by atoms with Crippen molar-refractivity contribution in [3.8, 4) is 6.07 Å². The van der Waals surface area contributed by atoms with Crippen molar-refractivity contribution in [3.05, 3.63) is 0 Å². The van der Waals surface area contributed by atoms with Crippen LogP contribution in [0, 0.1) is 23.2 Å². The second-order valence-electron chi connectivity index (χ2n) is 8.53. The van der Waals surface area contributed by atoms with E-state index in [1.807, 2.05) is 33.9 Å². The summed E-state index contributed by atoms with van der Waals surface area (Å²) >= 11 is 0. The number of rotatable bonds is 3. The maximum Gasteiger partial charge on any atom is 0.410 e. The molecule has 0 radical (unpaired) electrons. The van der Waals surface area contributed by atoms with Crippen LogP contribution < -0.4 is 0 Å². The van der Waals surface area contributed by atoms with Gasteiger partial charge in [0.05, 0.1) is 12.0 Å². The third kappa shape index (κ3) is 4.72. The van der Waals surface area contributed by atoms with Crippen molar-refractivity contribution in [2.75, 3.05) is 13.1 Å². The van der Waals surface area contributed by atoms with E-state index in [0.717, 1.165) is 6.42 Å². The number of nitriles is 1. The highest BCUT2D eigenvalue weighted by Gasteiger charge is 2.45. The maximum atomic E-state index is 12.2. The maximum absolute atomic E-state index is 12.2. The number of ether oxygens (including phenoxy) is 1. The first kappa shape index (κ1) is 19.0. The first-order valence-corrected chi connectivity index (χ1v) is 10.8. The number of amides is 1. The summed E-state index contributed by atoms with van der Waals surface area (Å²) in [6.45, 7) is 14.4. The predicted molar refractivity (Wildman–Crippen MR) is 88.8 cm³/mol. The van der Waals surface area contributed by atoms with Gasteiger partial charge in [-0.15, -0.1) is 0 Å². The van der Waals surface area contributed by atoms with Gasteiger partial charge in [-0.2, -0.15) is 5.26 Å². The fourth-order valence-corrected chi connectivity index (χ4v) is 3.37. The molecule has 1 aliphatic heterocycles. The van der Waals surface area contributed by atoms with Crippen LogP contribution in [0.2, 0.25) is 18.1 Å². The quantitative estimate of drug-likeness (QED) is 0.807. The third-order valence-corrected chi connectivity index (χ3v) is 8.20. The van der Waals surface area contributed by atoms with E-state index in [0.29, 0.717) is 13.1 Å². The van der Waals surface area contributed by atoms with Gasteiger partial charge in [0.15, 0.2) is 8.32 Å². The first-order valence-electron chi connectivity index (χ1n) is 7.87. The lowest BCUT2D eigenvalue weighted by atomic mass is 9.88. The van der Waals surface area contributed by atoms with Gasteiger partial charge in [0.1, 0.15) is 5.60 Å². The highest BCUT2D eigenvalue weighted by molar-refractivity contribution is 6.72. The molecule has 0 aromatic heterocycles. The standard InChI is InChI=1S/C16H30N2O3Si/c1-15(2,3)21-14(19)18-10-12(13(9-17)11-18)8-16(4,5)22(6,7)20/h12-13,20H,8,10-11H2,1-7H3/t12-,13-/m1/s1. The SMILES string of the molecule is CC(C)(C)OC(=O)N1C[C@@H](CC(C)(C)[Si](C)(C)O)[C@H](C#N)C1. The minimum absolute atomic E-state index is 0.0893. The van der Waals surface area contributed by atoms with Crippen LogP contribution in [-0.2, 0) is 4.74 Å². The van der Waals surface area contributed by atoms with Crippen LogP contribution in [0.5, 0.6) is 0 Å². The molecular formula is C16H30N2O3Si. The Morgan fingerprint density at radius 1 is 1.32 bits per heavy atom. The van der Waals surface area contributed by atoms with Gasteiger partial charge in [-0.25, -0.2) is 4.79 Å². The van der Waals surface area contributed by atoms with Crippen LogP contribution in [-0.4, -0.2) is 42.8 Å². The molecule has 0 aromatic carbocycles. The summed E-state index contributed by atoms with van der Waals surface area (Å²) in [4.78, 5) is 24.3. The number of carbonyl (C=O) groups excluding carboxylic acids is 1. The van der Waals surface area contributed by atoms with Crippen molar-refractivity contribution in [3.63, 3.8) is 0 Å². The molecule has 1 heterocycles. The Bertz CT molecular complexity index is 457. The molecule has 1 amide bonds. The molecule has 5 nitrogen and oxygen atoms in total. The lowest BCUT2D eigenvalue weighted by molar-refractivity contribution is 0.0285. The van der Waals surface area contributed by atoms with Crippen molar-refractivity contribution in [1.29, 1.82) is 5.26 Å². The predicted octanol–water partition coefficient (Wildman–Crippen LogP) is 3.36. The molecule has 1 rings (SSSR count). The van der Waals surface area contributed by atoms with Crippen LogP contribution in [0.15, 0.2) is 0 Å². The Balaban J connectivity index is 2.79.